The number of rotatable bonds is 5. The van der Waals surface area contributed by atoms with Gasteiger partial charge in [0.15, 0.2) is 0 Å². The highest BCUT2D eigenvalue weighted by Crippen LogP contribution is 2.35. The molecule has 0 bridgehead atoms. The molecule has 0 fully saturated rings. The standard InChI is InChI=1S/C12H16BrF3N2O/c1-4-19-11(2,3)7-18-10-9(12(14,15)16)5-8(13)6-17-10/h5-6H,4,7H2,1-3H3,(H,17,18). The van der Waals surface area contributed by atoms with Gasteiger partial charge >= 0.3 is 6.18 Å². The molecular weight excluding hydrogens is 325 g/mol. The zero-order valence-electron chi connectivity index (χ0n) is 10.9. The fraction of sp³-hybridized carbons (Fsp3) is 0.583. The highest BCUT2D eigenvalue weighted by atomic mass is 79.9. The number of hydrogen-bond donors (Lipinski definition) is 1. The number of nitrogens with one attached hydrogen (secondary N) is 1. The van der Waals surface area contributed by atoms with Gasteiger partial charge in [-0.25, -0.2) is 4.98 Å². The van der Waals surface area contributed by atoms with Crippen LogP contribution in [0.15, 0.2) is 16.7 Å². The normalized spacial score (nSPS) is 12.6. The van der Waals surface area contributed by atoms with Crippen LogP contribution < -0.4 is 5.32 Å². The van der Waals surface area contributed by atoms with E-state index in [0.717, 1.165) is 6.07 Å². The van der Waals surface area contributed by atoms with Crippen LogP contribution in [-0.2, 0) is 10.9 Å². The highest BCUT2D eigenvalue weighted by molar-refractivity contribution is 9.10. The lowest BCUT2D eigenvalue weighted by Gasteiger charge is -2.26. The number of alkyl halides is 3. The van der Waals surface area contributed by atoms with Crippen LogP contribution in [0.1, 0.15) is 26.3 Å². The monoisotopic (exact) mass is 340 g/mol. The highest BCUT2D eigenvalue weighted by Gasteiger charge is 2.35. The van der Waals surface area contributed by atoms with Crippen molar-refractivity contribution in [3.8, 4) is 0 Å². The van der Waals surface area contributed by atoms with Crippen LogP contribution in [-0.4, -0.2) is 23.7 Å². The summed E-state index contributed by atoms with van der Waals surface area (Å²) in [6, 6.07) is 1.00. The van der Waals surface area contributed by atoms with Crippen LogP contribution in [0.3, 0.4) is 0 Å². The van der Waals surface area contributed by atoms with Crippen molar-refractivity contribution < 1.29 is 17.9 Å². The van der Waals surface area contributed by atoms with Crippen LogP contribution >= 0.6 is 15.9 Å². The summed E-state index contributed by atoms with van der Waals surface area (Å²) in [7, 11) is 0. The Bertz CT molecular complexity index is 435. The molecule has 1 rings (SSSR count). The molecule has 0 atom stereocenters. The van der Waals surface area contributed by atoms with Gasteiger partial charge in [-0.2, -0.15) is 13.2 Å². The second-order valence-electron chi connectivity index (χ2n) is 4.59. The summed E-state index contributed by atoms with van der Waals surface area (Å²) in [6.45, 7) is 6.17. The molecule has 1 aromatic rings. The number of nitrogens with zero attached hydrogens (tertiary/aromatic N) is 1. The maximum Gasteiger partial charge on any atom is 0.419 e. The molecule has 7 heteroatoms. The van der Waals surface area contributed by atoms with Crippen molar-refractivity contribution in [2.45, 2.75) is 32.5 Å². The van der Waals surface area contributed by atoms with Crippen molar-refractivity contribution in [1.82, 2.24) is 4.98 Å². The Balaban J connectivity index is 2.90. The van der Waals surface area contributed by atoms with E-state index in [1.807, 2.05) is 6.92 Å². The number of ether oxygens (including phenoxy) is 1. The fourth-order valence-electron chi connectivity index (χ4n) is 1.53. The van der Waals surface area contributed by atoms with Crippen LogP contribution in [0, 0.1) is 0 Å². The molecule has 0 spiro atoms. The van der Waals surface area contributed by atoms with Gasteiger partial charge in [0, 0.05) is 23.8 Å². The molecular formula is C12H16BrF3N2O. The minimum absolute atomic E-state index is 0.191. The van der Waals surface area contributed by atoms with Gasteiger partial charge in [-0.05, 0) is 42.8 Å². The van der Waals surface area contributed by atoms with E-state index in [9.17, 15) is 13.2 Å². The van der Waals surface area contributed by atoms with E-state index >= 15 is 0 Å². The van der Waals surface area contributed by atoms with Gasteiger partial charge in [0.2, 0.25) is 0 Å². The van der Waals surface area contributed by atoms with E-state index in [1.165, 1.54) is 6.20 Å². The zero-order valence-corrected chi connectivity index (χ0v) is 12.5. The molecule has 0 radical (unpaired) electrons. The Morgan fingerprint density at radius 2 is 2.00 bits per heavy atom. The van der Waals surface area contributed by atoms with Gasteiger partial charge in [-0.15, -0.1) is 0 Å². The lowest BCUT2D eigenvalue weighted by Crippen LogP contribution is -2.34. The molecule has 0 aliphatic carbocycles. The molecule has 0 saturated carbocycles. The van der Waals surface area contributed by atoms with Crippen molar-refractivity contribution in [2.24, 2.45) is 0 Å². The molecule has 0 aliphatic rings. The minimum Gasteiger partial charge on any atom is -0.374 e. The molecule has 0 saturated heterocycles. The Morgan fingerprint density at radius 1 is 1.37 bits per heavy atom. The van der Waals surface area contributed by atoms with E-state index in [0.29, 0.717) is 6.61 Å². The summed E-state index contributed by atoms with van der Waals surface area (Å²) < 4.78 is 44.3. The second kappa shape index (κ2) is 6.09. The number of aromatic nitrogens is 1. The van der Waals surface area contributed by atoms with E-state index in [4.69, 9.17) is 4.74 Å². The van der Waals surface area contributed by atoms with Crippen molar-refractivity contribution in [3.63, 3.8) is 0 Å². The number of pyridine rings is 1. The number of anilines is 1. The maximum absolute atomic E-state index is 12.9. The van der Waals surface area contributed by atoms with Crippen molar-refractivity contribution in [1.29, 1.82) is 0 Å². The Hall–Kier alpha value is -0.820. The first kappa shape index (κ1) is 16.2. The molecule has 3 nitrogen and oxygen atoms in total. The van der Waals surface area contributed by atoms with Gasteiger partial charge in [0.05, 0.1) is 11.2 Å². The topological polar surface area (TPSA) is 34.1 Å². The molecule has 0 aliphatic heterocycles. The second-order valence-corrected chi connectivity index (χ2v) is 5.51. The van der Waals surface area contributed by atoms with Crippen molar-refractivity contribution in [2.75, 3.05) is 18.5 Å². The lowest BCUT2D eigenvalue weighted by molar-refractivity contribution is -0.137. The third kappa shape index (κ3) is 4.99. The molecule has 19 heavy (non-hydrogen) atoms. The number of halogens is 4. The SMILES string of the molecule is CCOC(C)(C)CNc1ncc(Br)cc1C(F)(F)F. The van der Waals surface area contributed by atoms with E-state index in [2.05, 4.69) is 26.2 Å². The average Bonchev–Trinajstić information content (AvgIpc) is 2.26. The fourth-order valence-corrected chi connectivity index (χ4v) is 1.87. The Kier molecular flexibility index (Phi) is 5.20. The summed E-state index contributed by atoms with van der Waals surface area (Å²) in [5.41, 5.74) is -1.36. The summed E-state index contributed by atoms with van der Waals surface area (Å²) in [5.74, 6) is -0.191. The molecule has 0 aromatic carbocycles. The van der Waals surface area contributed by atoms with Gasteiger partial charge in [-0.1, -0.05) is 0 Å². The summed E-state index contributed by atoms with van der Waals surface area (Å²) in [6.07, 6.45) is -3.12. The number of hydrogen-bond acceptors (Lipinski definition) is 3. The van der Waals surface area contributed by atoms with Gasteiger partial charge in [0.1, 0.15) is 5.82 Å². The van der Waals surface area contributed by atoms with Crippen LogP contribution in [0.25, 0.3) is 0 Å². The smallest absolute Gasteiger partial charge is 0.374 e. The lowest BCUT2D eigenvalue weighted by atomic mass is 10.1. The molecule has 0 amide bonds. The Morgan fingerprint density at radius 3 is 2.53 bits per heavy atom. The quantitative estimate of drug-likeness (QED) is 0.876. The van der Waals surface area contributed by atoms with Gasteiger partial charge < -0.3 is 10.1 Å². The van der Waals surface area contributed by atoms with Crippen LogP contribution in [0.2, 0.25) is 0 Å². The van der Waals surface area contributed by atoms with E-state index in [-0.39, 0.29) is 16.8 Å². The van der Waals surface area contributed by atoms with Gasteiger partial charge in [-0.3, -0.25) is 0 Å². The third-order valence-electron chi connectivity index (χ3n) is 2.38. The van der Waals surface area contributed by atoms with E-state index < -0.39 is 17.3 Å². The first-order valence-corrected chi connectivity index (χ1v) is 6.55. The summed E-state index contributed by atoms with van der Waals surface area (Å²) in [4.78, 5) is 3.77. The molecule has 1 N–H and O–H groups in total. The van der Waals surface area contributed by atoms with Crippen LogP contribution in [0.5, 0.6) is 0 Å². The first-order valence-electron chi connectivity index (χ1n) is 5.76. The van der Waals surface area contributed by atoms with Crippen molar-refractivity contribution in [3.05, 3.63) is 22.3 Å². The zero-order chi connectivity index (χ0) is 14.7. The maximum atomic E-state index is 12.9. The molecule has 0 unspecified atom stereocenters. The molecule has 108 valence electrons. The Labute approximate surface area is 118 Å². The largest absolute Gasteiger partial charge is 0.419 e. The van der Waals surface area contributed by atoms with E-state index in [1.54, 1.807) is 13.8 Å². The average molecular weight is 341 g/mol. The summed E-state index contributed by atoms with van der Waals surface area (Å²) >= 11 is 2.99. The molecule has 1 heterocycles. The van der Waals surface area contributed by atoms with Crippen LogP contribution in [0.4, 0.5) is 19.0 Å². The first-order chi connectivity index (χ1) is 8.65. The third-order valence-corrected chi connectivity index (χ3v) is 2.81. The van der Waals surface area contributed by atoms with Crippen molar-refractivity contribution >= 4 is 21.7 Å². The molecule has 1 aromatic heterocycles. The minimum atomic E-state index is -4.45. The van der Waals surface area contributed by atoms with Gasteiger partial charge in [0.25, 0.3) is 0 Å². The summed E-state index contributed by atoms with van der Waals surface area (Å²) in [5, 5.41) is 2.70. The predicted octanol–water partition coefficient (Wildman–Crippen LogP) is 4.09. The predicted molar refractivity (Wildman–Crippen MR) is 71.1 cm³/mol.